The SMILES string of the molecule is Cc1cccc(C(=O)Nc2ccc(F)cn2)c1F. The van der Waals surface area contributed by atoms with E-state index in [1.807, 2.05) is 0 Å². The normalized spacial score (nSPS) is 10.2. The number of aromatic nitrogens is 1. The lowest BCUT2D eigenvalue weighted by atomic mass is 10.1. The largest absolute Gasteiger partial charge is 0.306 e. The summed E-state index contributed by atoms with van der Waals surface area (Å²) in [5.41, 5.74) is 0.316. The van der Waals surface area contributed by atoms with E-state index in [2.05, 4.69) is 10.3 Å². The third kappa shape index (κ3) is 2.51. The molecule has 0 bridgehead atoms. The van der Waals surface area contributed by atoms with Crippen molar-refractivity contribution < 1.29 is 13.6 Å². The number of amides is 1. The van der Waals surface area contributed by atoms with E-state index >= 15 is 0 Å². The van der Waals surface area contributed by atoms with Crippen molar-refractivity contribution in [2.45, 2.75) is 6.92 Å². The molecule has 0 atom stereocenters. The van der Waals surface area contributed by atoms with Crippen LogP contribution in [-0.2, 0) is 0 Å². The standard InChI is InChI=1S/C13H10F2N2O/c1-8-3-2-4-10(12(8)15)13(18)17-11-6-5-9(14)7-16-11/h2-7H,1H3,(H,16,17,18). The van der Waals surface area contributed by atoms with Crippen LogP contribution in [-0.4, -0.2) is 10.9 Å². The fourth-order valence-corrected chi connectivity index (χ4v) is 1.46. The summed E-state index contributed by atoms with van der Waals surface area (Å²) in [5, 5.41) is 2.40. The van der Waals surface area contributed by atoms with E-state index < -0.39 is 17.5 Å². The molecule has 1 amide bonds. The minimum atomic E-state index is -0.615. The van der Waals surface area contributed by atoms with E-state index in [0.29, 0.717) is 5.56 Å². The third-order valence-electron chi connectivity index (χ3n) is 2.41. The minimum Gasteiger partial charge on any atom is -0.306 e. The molecule has 18 heavy (non-hydrogen) atoms. The predicted molar refractivity (Wildman–Crippen MR) is 63.3 cm³/mol. The zero-order chi connectivity index (χ0) is 13.1. The van der Waals surface area contributed by atoms with Crippen molar-refractivity contribution >= 4 is 11.7 Å². The zero-order valence-electron chi connectivity index (χ0n) is 9.58. The number of hydrogen-bond donors (Lipinski definition) is 1. The second kappa shape index (κ2) is 4.91. The molecule has 0 aliphatic rings. The van der Waals surface area contributed by atoms with Crippen molar-refractivity contribution in [1.82, 2.24) is 4.98 Å². The Morgan fingerprint density at radius 3 is 2.67 bits per heavy atom. The van der Waals surface area contributed by atoms with E-state index in [0.717, 1.165) is 12.3 Å². The van der Waals surface area contributed by atoms with Gasteiger partial charge in [-0.15, -0.1) is 0 Å². The summed E-state index contributed by atoms with van der Waals surface area (Å²) in [4.78, 5) is 15.5. The number of nitrogens with zero attached hydrogens (tertiary/aromatic N) is 1. The molecule has 0 spiro atoms. The molecular formula is C13H10F2N2O. The first kappa shape index (κ1) is 12.2. The number of rotatable bonds is 2. The molecule has 0 unspecified atom stereocenters. The van der Waals surface area contributed by atoms with Gasteiger partial charge in [-0.1, -0.05) is 12.1 Å². The monoisotopic (exact) mass is 248 g/mol. The van der Waals surface area contributed by atoms with Crippen LogP contribution in [0.1, 0.15) is 15.9 Å². The van der Waals surface area contributed by atoms with E-state index in [-0.39, 0.29) is 11.4 Å². The molecule has 0 radical (unpaired) electrons. The van der Waals surface area contributed by atoms with Gasteiger partial charge in [-0.25, -0.2) is 13.8 Å². The summed E-state index contributed by atoms with van der Waals surface area (Å²) >= 11 is 0. The highest BCUT2D eigenvalue weighted by molar-refractivity contribution is 6.04. The molecule has 0 saturated carbocycles. The maximum atomic E-state index is 13.7. The summed E-state index contributed by atoms with van der Waals surface area (Å²) in [6, 6.07) is 7.00. The van der Waals surface area contributed by atoms with Crippen LogP contribution in [0.2, 0.25) is 0 Å². The van der Waals surface area contributed by atoms with Crippen molar-refractivity contribution in [2.75, 3.05) is 5.32 Å². The Kier molecular flexibility index (Phi) is 3.32. The lowest BCUT2D eigenvalue weighted by molar-refractivity contribution is 0.102. The lowest BCUT2D eigenvalue weighted by Crippen LogP contribution is -2.15. The Labute approximate surface area is 102 Å². The number of carbonyl (C=O) groups excluding carboxylic acids is 1. The first-order chi connectivity index (χ1) is 8.58. The number of pyridine rings is 1. The number of aryl methyl sites for hydroxylation is 1. The molecule has 0 aliphatic carbocycles. The molecule has 2 aromatic rings. The summed E-state index contributed by atoms with van der Waals surface area (Å²) < 4.78 is 26.3. The van der Waals surface area contributed by atoms with Gasteiger partial charge in [-0.05, 0) is 30.7 Å². The van der Waals surface area contributed by atoms with Crippen LogP contribution in [0, 0.1) is 18.6 Å². The average molecular weight is 248 g/mol. The zero-order valence-corrected chi connectivity index (χ0v) is 9.58. The molecule has 0 aliphatic heterocycles. The molecule has 1 heterocycles. The molecule has 92 valence electrons. The summed E-state index contributed by atoms with van der Waals surface area (Å²) in [7, 11) is 0. The van der Waals surface area contributed by atoms with Crippen molar-refractivity contribution in [2.24, 2.45) is 0 Å². The van der Waals surface area contributed by atoms with E-state index in [1.54, 1.807) is 19.1 Å². The van der Waals surface area contributed by atoms with Crippen LogP contribution in [0.4, 0.5) is 14.6 Å². The highest BCUT2D eigenvalue weighted by atomic mass is 19.1. The van der Waals surface area contributed by atoms with Crippen LogP contribution in [0.3, 0.4) is 0 Å². The van der Waals surface area contributed by atoms with Crippen LogP contribution >= 0.6 is 0 Å². The van der Waals surface area contributed by atoms with Crippen LogP contribution in [0.5, 0.6) is 0 Å². The molecule has 5 heteroatoms. The fraction of sp³-hybridized carbons (Fsp3) is 0.0769. The highest BCUT2D eigenvalue weighted by Crippen LogP contribution is 2.13. The number of anilines is 1. The summed E-state index contributed by atoms with van der Waals surface area (Å²) in [5.74, 6) is -1.52. The predicted octanol–water partition coefficient (Wildman–Crippen LogP) is 2.92. The van der Waals surface area contributed by atoms with Crippen LogP contribution < -0.4 is 5.32 Å². The fourth-order valence-electron chi connectivity index (χ4n) is 1.46. The van der Waals surface area contributed by atoms with Gasteiger partial charge in [0.1, 0.15) is 17.5 Å². The van der Waals surface area contributed by atoms with Crippen molar-refractivity contribution in [3.05, 3.63) is 59.3 Å². The molecule has 1 aromatic heterocycles. The van der Waals surface area contributed by atoms with Crippen LogP contribution in [0.25, 0.3) is 0 Å². The molecule has 0 fully saturated rings. The third-order valence-corrected chi connectivity index (χ3v) is 2.41. The molecular weight excluding hydrogens is 238 g/mol. The number of benzene rings is 1. The Morgan fingerprint density at radius 1 is 1.22 bits per heavy atom. The summed E-state index contributed by atoms with van der Waals surface area (Å²) in [6.45, 7) is 1.57. The number of nitrogens with one attached hydrogen (secondary N) is 1. The molecule has 1 N–H and O–H groups in total. The quantitative estimate of drug-likeness (QED) is 0.887. The topological polar surface area (TPSA) is 42.0 Å². The van der Waals surface area contributed by atoms with E-state index in [4.69, 9.17) is 0 Å². The maximum Gasteiger partial charge on any atom is 0.259 e. The van der Waals surface area contributed by atoms with Gasteiger partial charge in [0.25, 0.3) is 5.91 Å². The smallest absolute Gasteiger partial charge is 0.259 e. The first-order valence-electron chi connectivity index (χ1n) is 5.26. The minimum absolute atomic E-state index is 0.0684. The van der Waals surface area contributed by atoms with Gasteiger partial charge in [0.05, 0.1) is 11.8 Å². The van der Waals surface area contributed by atoms with E-state index in [1.165, 1.54) is 12.1 Å². The van der Waals surface area contributed by atoms with Gasteiger partial charge in [-0.2, -0.15) is 0 Å². The Bertz CT molecular complexity index is 582. The van der Waals surface area contributed by atoms with Crippen molar-refractivity contribution in [3.63, 3.8) is 0 Å². The highest BCUT2D eigenvalue weighted by Gasteiger charge is 2.13. The second-order valence-electron chi connectivity index (χ2n) is 3.75. The summed E-state index contributed by atoms with van der Waals surface area (Å²) in [6.07, 6.45) is 0.974. The first-order valence-corrected chi connectivity index (χ1v) is 5.26. The molecule has 3 nitrogen and oxygen atoms in total. The van der Waals surface area contributed by atoms with E-state index in [9.17, 15) is 13.6 Å². The van der Waals surface area contributed by atoms with Crippen LogP contribution in [0.15, 0.2) is 36.5 Å². The van der Waals surface area contributed by atoms with Gasteiger partial charge in [0, 0.05) is 0 Å². The number of hydrogen-bond acceptors (Lipinski definition) is 2. The average Bonchev–Trinajstić information content (AvgIpc) is 2.35. The number of carbonyl (C=O) groups is 1. The van der Waals surface area contributed by atoms with Gasteiger partial charge in [0.15, 0.2) is 0 Å². The molecule has 2 rings (SSSR count). The van der Waals surface area contributed by atoms with Gasteiger partial charge < -0.3 is 5.32 Å². The van der Waals surface area contributed by atoms with Crippen molar-refractivity contribution in [3.8, 4) is 0 Å². The number of halogens is 2. The van der Waals surface area contributed by atoms with Gasteiger partial charge in [-0.3, -0.25) is 4.79 Å². The maximum absolute atomic E-state index is 13.7. The van der Waals surface area contributed by atoms with Crippen molar-refractivity contribution in [1.29, 1.82) is 0 Å². The molecule has 1 aromatic carbocycles. The molecule has 0 saturated heterocycles. The Morgan fingerprint density at radius 2 is 2.00 bits per heavy atom. The Hall–Kier alpha value is -2.30. The lowest BCUT2D eigenvalue weighted by Gasteiger charge is -2.06. The second-order valence-corrected chi connectivity index (χ2v) is 3.75. The Balaban J connectivity index is 2.22. The van der Waals surface area contributed by atoms with Gasteiger partial charge in [0.2, 0.25) is 0 Å². The van der Waals surface area contributed by atoms with Gasteiger partial charge >= 0.3 is 0 Å².